The lowest BCUT2D eigenvalue weighted by Crippen LogP contribution is -2.34. The molecule has 0 radical (unpaired) electrons. The Morgan fingerprint density at radius 1 is 1.12 bits per heavy atom. The van der Waals surface area contributed by atoms with E-state index in [9.17, 15) is 4.79 Å². The molecule has 176 valence electrons. The van der Waals surface area contributed by atoms with Gasteiger partial charge in [-0.05, 0) is 49.5 Å². The highest BCUT2D eigenvalue weighted by Crippen LogP contribution is 2.39. The van der Waals surface area contributed by atoms with E-state index < -0.39 is 0 Å². The van der Waals surface area contributed by atoms with Gasteiger partial charge in [0.15, 0.2) is 0 Å². The summed E-state index contributed by atoms with van der Waals surface area (Å²) in [4.78, 5) is 19.0. The molecule has 1 saturated heterocycles. The van der Waals surface area contributed by atoms with E-state index in [1.807, 2.05) is 18.2 Å². The quantitative estimate of drug-likeness (QED) is 0.479. The number of hydrogen-bond donors (Lipinski definition) is 2. The molecule has 2 heterocycles. The number of aromatic nitrogens is 1. The third-order valence-electron chi connectivity index (χ3n) is 6.74. The van der Waals surface area contributed by atoms with Crippen molar-refractivity contribution in [2.45, 2.75) is 38.5 Å². The summed E-state index contributed by atoms with van der Waals surface area (Å²) in [6, 6.07) is 12.2. The number of aryl methyl sites for hydroxylation is 1. The predicted octanol–water partition coefficient (Wildman–Crippen LogP) is 4.48. The van der Waals surface area contributed by atoms with Crippen LogP contribution in [0.4, 0.5) is 0 Å². The number of benzene rings is 2. The highest BCUT2D eigenvalue weighted by atomic mass is 16.5. The zero-order valence-corrected chi connectivity index (χ0v) is 19.9. The van der Waals surface area contributed by atoms with Crippen molar-refractivity contribution >= 4 is 16.8 Å². The van der Waals surface area contributed by atoms with Crippen LogP contribution in [0.3, 0.4) is 0 Å². The van der Waals surface area contributed by atoms with Crippen LogP contribution in [0.1, 0.15) is 48.8 Å². The second-order valence-corrected chi connectivity index (χ2v) is 8.70. The first-order chi connectivity index (χ1) is 16.1. The SMILES string of the molecule is CCc1cccc2c(C(CC(=O)NCCN3CCCC3)c3ccc(OC)cc3OC)c[nH]c12. The van der Waals surface area contributed by atoms with Crippen molar-refractivity contribution in [2.75, 3.05) is 40.4 Å². The molecule has 3 aromatic rings. The van der Waals surface area contributed by atoms with E-state index in [2.05, 4.69) is 46.5 Å². The molecule has 1 fully saturated rings. The highest BCUT2D eigenvalue weighted by molar-refractivity contribution is 5.88. The van der Waals surface area contributed by atoms with Gasteiger partial charge < -0.3 is 24.7 Å². The van der Waals surface area contributed by atoms with E-state index in [4.69, 9.17) is 9.47 Å². The van der Waals surface area contributed by atoms with E-state index in [-0.39, 0.29) is 11.8 Å². The minimum atomic E-state index is -0.140. The van der Waals surface area contributed by atoms with Crippen molar-refractivity contribution in [1.29, 1.82) is 0 Å². The van der Waals surface area contributed by atoms with E-state index >= 15 is 0 Å². The van der Waals surface area contributed by atoms with Gasteiger partial charge in [0, 0.05) is 54.2 Å². The van der Waals surface area contributed by atoms with E-state index in [0.29, 0.717) is 13.0 Å². The van der Waals surface area contributed by atoms with Crippen LogP contribution in [0.25, 0.3) is 10.9 Å². The summed E-state index contributed by atoms with van der Waals surface area (Å²) in [5.41, 5.74) is 4.51. The zero-order chi connectivity index (χ0) is 23.2. The van der Waals surface area contributed by atoms with Crippen LogP contribution >= 0.6 is 0 Å². The Labute approximate surface area is 196 Å². The fourth-order valence-electron chi connectivity index (χ4n) is 4.93. The lowest BCUT2D eigenvalue weighted by atomic mass is 9.87. The summed E-state index contributed by atoms with van der Waals surface area (Å²) in [6.07, 6.45) is 5.87. The van der Waals surface area contributed by atoms with Gasteiger partial charge in [0.2, 0.25) is 5.91 Å². The Balaban J connectivity index is 1.64. The van der Waals surface area contributed by atoms with E-state index in [0.717, 1.165) is 59.6 Å². The molecule has 0 bridgehead atoms. The van der Waals surface area contributed by atoms with Crippen LogP contribution in [-0.4, -0.2) is 56.2 Å². The van der Waals surface area contributed by atoms with Crippen molar-refractivity contribution in [3.8, 4) is 11.5 Å². The maximum absolute atomic E-state index is 13.1. The molecule has 33 heavy (non-hydrogen) atoms. The van der Waals surface area contributed by atoms with Crippen molar-refractivity contribution < 1.29 is 14.3 Å². The summed E-state index contributed by atoms with van der Waals surface area (Å²) < 4.78 is 11.1. The summed E-state index contributed by atoms with van der Waals surface area (Å²) in [7, 11) is 3.31. The fraction of sp³-hybridized carbons (Fsp3) is 0.444. The molecule has 1 aliphatic heterocycles. The van der Waals surface area contributed by atoms with Crippen LogP contribution in [0.2, 0.25) is 0 Å². The normalized spacial score (nSPS) is 15.0. The number of nitrogens with zero attached hydrogens (tertiary/aromatic N) is 1. The molecule has 0 saturated carbocycles. The van der Waals surface area contributed by atoms with E-state index in [1.165, 1.54) is 18.4 Å². The molecule has 1 amide bonds. The minimum absolute atomic E-state index is 0.0538. The Morgan fingerprint density at radius 3 is 2.67 bits per heavy atom. The number of H-pyrrole nitrogens is 1. The Bertz CT molecular complexity index is 1090. The molecule has 4 rings (SSSR count). The summed E-state index contributed by atoms with van der Waals surface area (Å²) in [5.74, 6) is 1.37. The molecule has 6 heteroatoms. The van der Waals surface area contributed by atoms with Gasteiger partial charge in [-0.15, -0.1) is 0 Å². The number of ether oxygens (including phenoxy) is 2. The second kappa shape index (κ2) is 10.8. The Morgan fingerprint density at radius 2 is 1.94 bits per heavy atom. The minimum Gasteiger partial charge on any atom is -0.497 e. The number of methoxy groups -OCH3 is 2. The molecular weight excluding hydrogens is 414 g/mol. The van der Waals surface area contributed by atoms with Crippen LogP contribution in [0.5, 0.6) is 11.5 Å². The lowest BCUT2D eigenvalue weighted by molar-refractivity contribution is -0.121. The van der Waals surface area contributed by atoms with Gasteiger partial charge in [-0.1, -0.05) is 31.2 Å². The van der Waals surface area contributed by atoms with E-state index in [1.54, 1.807) is 14.2 Å². The number of para-hydroxylation sites is 1. The summed E-state index contributed by atoms with van der Waals surface area (Å²) in [6.45, 7) is 6.02. The van der Waals surface area contributed by atoms with Gasteiger partial charge in [0.05, 0.1) is 14.2 Å². The van der Waals surface area contributed by atoms with Crippen molar-refractivity contribution in [2.24, 2.45) is 0 Å². The predicted molar refractivity (Wildman–Crippen MR) is 132 cm³/mol. The number of nitrogens with one attached hydrogen (secondary N) is 2. The monoisotopic (exact) mass is 449 g/mol. The summed E-state index contributed by atoms with van der Waals surface area (Å²) in [5, 5.41) is 4.30. The third-order valence-corrected chi connectivity index (χ3v) is 6.74. The first-order valence-electron chi connectivity index (χ1n) is 11.9. The molecule has 2 N–H and O–H groups in total. The van der Waals surface area contributed by atoms with Crippen molar-refractivity contribution in [1.82, 2.24) is 15.2 Å². The average molecular weight is 450 g/mol. The summed E-state index contributed by atoms with van der Waals surface area (Å²) >= 11 is 0. The van der Waals surface area contributed by atoms with Crippen LogP contribution in [0, 0.1) is 0 Å². The number of likely N-dealkylation sites (tertiary alicyclic amines) is 1. The molecule has 0 spiro atoms. The topological polar surface area (TPSA) is 66.6 Å². The fourth-order valence-corrected chi connectivity index (χ4v) is 4.93. The smallest absolute Gasteiger partial charge is 0.220 e. The van der Waals surface area contributed by atoms with Crippen LogP contribution in [-0.2, 0) is 11.2 Å². The van der Waals surface area contributed by atoms with Gasteiger partial charge in [0.25, 0.3) is 0 Å². The molecular formula is C27H35N3O3. The molecule has 1 unspecified atom stereocenters. The number of rotatable bonds is 10. The Kier molecular flexibility index (Phi) is 7.55. The third kappa shape index (κ3) is 5.17. The van der Waals surface area contributed by atoms with Crippen molar-refractivity contribution in [3.05, 3.63) is 59.3 Å². The number of amides is 1. The lowest BCUT2D eigenvalue weighted by Gasteiger charge is -2.21. The maximum atomic E-state index is 13.1. The Hall–Kier alpha value is -2.99. The van der Waals surface area contributed by atoms with Crippen LogP contribution < -0.4 is 14.8 Å². The molecule has 2 aromatic carbocycles. The van der Waals surface area contributed by atoms with Crippen LogP contribution in [0.15, 0.2) is 42.6 Å². The molecule has 1 atom stereocenters. The van der Waals surface area contributed by atoms with Gasteiger partial charge >= 0.3 is 0 Å². The first kappa shape index (κ1) is 23.2. The molecule has 0 aliphatic carbocycles. The number of fused-ring (bicyclic) bond motifs is 1. The standard InChI is InChI=1S/C27H35N3O3/c1-4-19-8-7-9-22-24(18-29-27(19)22)23(21-11-10-20(32-2)16-25(21)33-3)17-26(31)28-12-15-30-13-5-6-14-30/h7-11,16,18,23,29H,4-6,12-15,17H2,1-3H3,(H,28,31). The number of carbonyl (C=O) groups is 1. The number of aromatic amines is 1. The maximum Gasteiger partial charge on any atom is 0.220 e. The van der Waals surface area contributed by atoms with Gasteiger partial charge in [-0.2, -0.15) is 0 Å². The number of carbonyl (C=O) groups excluding carboxylic acids is 1. The molecule has 1 aromatic heterocycles. The van der Waals surface area contributed by atoms with Gasteiger partial charge in [-0.25, -0.2) is 0 Å². The van der Waals surface area contributed by atoms with Gasteiger partial charge in [0.1, 0.15) is 11.5 Å². The first-order valence-corrected chi connectivity index (χ1v) is 11.9. The molecule has 1 aliphatic rings. The zero-order valence-electron chi connectivity index (χ0n) is 19.9. The molecule has 6 nitrogen and oxygen atoms in total. The van der Waals surface area contributed by atoms with Crippen molar-refractivity contribution in [3.63, 3.8) is 0 Å². The highest BCUT2D eigenvalue weighted by Gasteiger charge is 2.25. The second-order valence-electron chi connectivity index (χ2n) is 8.70. The largest absolute Gasteiger partial charge is 0.497 e. The average Bonchev–Trinajstić information content (AvgIpc) is 3.52. The number of hydrogen-bond acceptors (Lipinski definition) is 4. The van der Waals surface area contributed by atoms with Gasteiger partial charge in [-0.3, -0.25) is 4.79 Å².